The van der Waals surface area contributed by atoms with Gasteiger partial charge in [0, 0.05) is 19.7 Å². The third kappa shape index (κ3) is 4.28. The highest BCUT2D eigenvalue weighted by Crippen LogP contribution is 2.28. The van der Waals surface area contributed by atoms with Gasteiger partial charge in [-0.15, -0.1) is 0 Å². The summed E-state index contributed by atoms with van der Waals surface area (Å²) in [5, 5.41) is 8.19. The summed E-state index contributed by atoms with van der Waals surface area (Å²) in [6.45, 7) is 2.48. The molecule has 1 aromatic heterocycles. The van der Waals surface area contributed by atoms with Gasteiger partial charge in [0.1, 0.15) is 0 Å². The first-order valence-corrected chi connectivity index (χ1v) is 11.6. The van der Waals surface area contributed by atoms with Crippen molar-refractivity contribution in [3.05, 3.63) is 46.9 Å². The number of rotatable bonds is 7. The number of benzene rings is 2. The van der Waals surface area contributed by atoms with E-state index in [-0.39, 0.29) is 21.1 Å². The summed E-state index contributed by atoms with van der Waals surface area (Å²) in [5.41, 5.74) is 0.980. The number of aromatic nitrogens is 1. The van der Waals surface area contributed by atoms with Crippen molar-refractivity contribution in [3.8, 4) is 0 Å². The summed E-state index contributed by atoms with van der Waals surface area (Å²) in [6, 6.07) is 7.87. The minimum atomic E-state index is -4.12. The number of hydrogen-bond donors (Lipinski definition) is 3. The lowest BCUT2D eigenvalue weighted by Gasteiger charge is -2.15. The summed E-state index contributed by atoms with van der Waals surface area (Å²) in [7, 11) is -6.64. The molecular weight excluding hydrogens is 420 g/mol. The standard InChI is InChI=1S/C17H20N4O6S2/c1-3-8-19-13-6-4-11(28(18,23)24)9-14(13)20-29(25,26)12-5-7-15-16(10-12)27-17(22)21(15)2/h4-7,9-10,19-20H,3,8H2,1-2H3,(H2,18,23,24). The Balaban J connectivity index is 2.05. The third-order valence-electron chi connectivity index (χ3n) is 4.20. The van der Waals surface area contributed by atoms with Gasteiger partial charge in [-0.05, 0) is 36.8 Å². The van der Waals surface area contributed by atoms with Gasteiger partial charge >= 0.3 is 5.76 Å². The van der Waals surface area contributed by atoms with Crippen molar-refractivity contribution in [2.24, 2.45) is 12.2 Å². The molecule has 0 spiro atoms. The van der Waals surface area contributed by atoms with Crippen LogP contribution in [0.25, 0.3) is 11.1 Å². The minimum Gasteiger partial charge on any atom is -0.408 e. The first kappa shape index (κ1) is 20.9. The maximum absolute atomic E-state index is 12.9. The van der Waals surface area contributed by atoms with E-state index in [1.807, 2.05) is 6.92 Å². The van der Waals surface area contributed by atoms with E-state index >= 15 is 0 Å². The SMILES string of the molecule is CCCNc1ccc(S(N)(=O)=O)cc1NS(=O)(=O)c1ccc2c(c1)oc(=O)n2C. The Labute approximate surface area is 167 Å². The second kappa shape index (κ2) is 7.54. The normalized spacial score (nSPS) is 12.2. The van der Waals surface area contributed by atoms with E-state index in [9.17, 15) is 21.6 Å². The average Bonchev–Trinajstić information content (AvgIpc) is 2.93. The van der Waals surface area contributed by atoms with Crippen LogP contribution >= 0.6 is 0 Å². The van der Waals surface area contributed by atoms with Crippen LogP contribution in [0.4, 0.5) is 11.4 Å². The highest BCUT2D eigenvalue weighted by molar-refractivity contribution is 7.92. The molecule has 12 heteroatoms. The van der Waals surface area contributed by atoms with Gasteiger partial charge in [-0.1, -0.05) is 6.92 Å². The number of hydrogen-bond acceptors (Lipinski definition) is 7. The second-order valence-electron chi connectivity index (χ2n) is 6.34. The number of aryl methyl sites for hydroxylation is 1. The lowest BCUT2D eigenvalue weighted by molar-refractivity contribution is 0.527. The molecule has 0 fully saturated rings. The Morgan fingerprint density at radius 2 is 1.72 bits per heavy atom. The molecule has 3 rings (SSSR count). The first-order valence-electron chi connectivity index (χ1n) is 8.56. The van der Waals surface area contributed by atoms with E-state index in [4.69, 9.17) is 9.56 Å². The van der Waals surface area contributed by atoms with Crippen molar-refractivity contribution in [1.82, 2.24) is 4.57 Å². The van der Waals surface area contributed by atoms with Crippen LogP contribution in [0, 0.1) is 0 Å². The van der Waals surface area contributed by atoms with Gasteiger partial charge in [0.25, 0.3) is 10.0 Å². The largest absolute Gasteiger partial charge is 0.419 e. The van der Waals surface area contributed by atoms with E-state index in [2.05, 4.69) is 10.0 Å². The zero-order valence-corrected chi connectivity index (χ0v) is 17.3. The zero-order chi connectivity index (χ0) is 21.4. The summed E-state index contributed by atoms with van der Waals surface area (Å²) >= 11 is 0. The monoisotopic (exact) mass is 440 g/mol. The summed E-state index contributed by atoms with van der Waals surface area (Å²) in [4.78, 5) is 11.2. The first-order chi connectivity index (χ1) is 13.5. The van der Waals surface area contributed by atoms with Crippen LogP contribution in [0.15, 0.2) is 55.4 Å². The minimum absolute atomic E-state index is 0.0274. The van der Waals surface area contributed by atoms with Crippen LogP contribution in [0.1, 0.15) is 13.3 Å². The van der Waals surface area contributed by atoms with Crippen molar-refractivity contribution in [3.63, 3.8) is 0 Å². The highest BCUT2D eigenvalue weighted by Gasteiger charge is 2.20. The molecule has 0 radical (unpaired) electrons. The highest BCUT2D eigenvalue weighted by atomic mass is 32.2. The van der Waals surface area contributed by atoms with E-state index in [1.54, 1.807) is 0 Å². The topological polar surface area (TPSA) is 154 Å². The van der Waals surface area contributed by atoms with E-state index in [0.717, 1.165) is 12.5 Å². The van der Waals surface area contributed by atoms with Gasteiger partial charge in [-0.3, -0.25) is 9.29 Å². The smallest absolute Gasteiger partial charge is 0.408 e. The van der Waals surface area contributed by atoms with Gasteiger partial charge in [0.05, 0.1) is 26.7 Å². The van der Waals surface area contributed by atoms with Gasteiger partial charge in [-0.25, -0.2) is 26.8 Å². The number of nitrogens with one attached hydrogen (secondary N) is 2. The van der Waals surface area contributed by atoms with Crippen molar-refractivity contribution in [2.45, 2.75) is 23.1 Å². The molecule has 0 saturated heterocycles. The van der Waals surface area contributed by atoms with E-state index in [0.29, 0.717) is 17.7 Å². The Kier molecular flexibility index (Phi) is 5.43. The molecule has 10 nitrogen and oxygen atoms in total. The molecule has 0 aliphatic rings. The fourth-order valence-electron chi connectivity index (χ4n) is 2.68. The molecule has 0 aliphatic carbocycles. The molecule has 156 valence electrons. The fourth-order valence-corrected chi connectivity index (χ4v) is 4.31. The lowest BCUT2D eigenvalue weighted by atomic mass is 10.2. The zero-order valence-electron chi connectivity index (χ0n) is 15.7. The molecule has 0 aliphatic heterocycles. The predicted octanol–water partition coefficient (Wildman–Crippen LogP) is 1.40. The van der Waals surface area contributed by atoms with Gasteiger partial charge in [0.15, 0.2) is 5.58 Å². The van der Waals surface area contributed by atoms with Crippen LogP contribution in [0.5, 0.6) is 0 Å². The summed E-state index contributed by atoms with van der Waals surface area (Å²) < 4.78 is 57.7. The number of oxazole rings is 1. The maximum atomic E-state index is 12.9. The molecule has 1 heterocycles. The Morgan fingerprint density at radius 3 is 2.38 bits per heavy atom. The third-order valence-corrected chi connectivity index (χ3v) is 6.48. The number of sulfonamides is 2. The number of nitrogens with two attached hydrogens (primary N) is 1. The number of anilines is 2. The quantitative estimate of drug-likeness (QED) is 0.502. The van der Waals surface area contributed by atoms with Crippen LogP contribution in [0.3, 0.4) is 0 Å². The van der Waals surface area contributed by atoms with Crippen LogP contribution in [-0.4, -0.2) is 27.9 Å². The maximum Gasteiger partial charge on any atom is 0.419 e. The lowest BCUT2D eigenvalue weighted by Crippen LogP contribution is -2.17. The molecule has 0 bridgehead atoms. The molecule has 0 saturated carbocycles. The Morgan fingerprint density at radius 1 is 1.03 bits per heavy atom. The summed E-state index contributed by atoms with van der Waals surface area (Å²) in [6.07, 6.45) is 0.771. The molecular formula is C17H20N4O6S2. The van der Waals surface area contributed by atoms with Gasteiger partial charge in [-0.2, -0.15) is 0 Å². The molecule has 0 atom stereocenters. The number of primary sulfonamides is 1. The van der Waals surface area contributed by atoms with Crippen LogP contribution in [0.2, 0.25) is 0 Å². The fraction of sp³-hybridized carbons (Fsp3) is 0.235. The molecule has 3 aromatic rings. The Hall–Kier alpha value is -2.83. The molecule has 0 unspecified atom stereocenters. The second-order valence-corrected chi connectivity index (χ2v) is 9.59. The number of fused-ring (bicyclic) bond motifs is 1. The van der Waals surface area contributed by atoms with Crippen LogP contribution < -0.4 is 20.9 Å². The van der Waals surface area contributed by atoms with Gasteiger partial charge < -0.3 is 9.73 Å². The van der Waals surface area contributed by atoms with Crippen LogP contribution in [-0.2, 0) is 27.1 Å². The Bertz CT molecular complexity index is 1340. The summed E-state index contributed by atoms with van der Waals surface area (Å²) in [5.74, 6) is -0.616. The predicted molar refractivity (Wildman–Crippen MR) is 109 cm³/mol. The molecule has 0 amide bonds. The van der Waals surface area contributed by atoms with Crippen molar-refractivity contribution < 1.29 is 21.3 Å². The number of nitrogens with zero attached hydrogens (tertiary/aromatic N) is 1. The van der Waals surface area contributed by atoms with E-state index < -0.39 is 25.8 Å². The van der Waals surface area contributed by atoms with Crippen molar-refractivity contribution in [1.29, 1.82) is 0 Å². The molecule has 2 aromatic carbocycles. The average molecular weight is 441 g/mol. The molecule has 29 heavy (non-hydrogen) atoms. The van der Waals surface area contributed by atoms with E-state index in [1.165, 1.54) is 41.9 Å². The van der Waals surface area contributed by atoms with Crippen molar-refractivity contribution >= 4 is 42.5 Å². The van der Waals surface area contributed by atoms with Crippen molar-refractivity contribution in [2.75, 3.05) is 16.6 Å². The molecule has 4 N–H and O–H groups in total. The van der Waals surface area contributed by atoms with Gasteiger partial charge in [0.2, 0.25) is 10.0 Å².